The smallest absolute Gasteiger partial charge is 0.0175 e. The van der Waals surface area contributed by atoms with Crippen molar-refractivity contribution in [1.29, 1.82) is 0 Å². The molecule has 0 amide bonds. The molecule has 16 heavy (non-hydrogen) atoms. The van der Waals surface area contributed by atoms with Gasteiger partial charge in [0.15, 0.2) is 0 Å². The fraction of sp³-hybridized carbons (Fsp3) is 1.00. The Morgan fingerprint density at radius 2 is 2.06 bits per heavy atom. The molecule has 2 bridgehead atoms. The first-order valence-corrected chi connectivity index (χ1v) is 8.12. The maximum absolute atomic E-state index is 3.87. The number of fused-ring (bicyclic) bond motifs is 2. The van der Waals surface area contributed by atoms with Crippen LogP contribution in [0.4, 0.5) is 0 Å². The summed E-state index contributed by atoms with van der Waals surface area (Å²) in [6, 6.07) is 0.751. The topological polar surface area (TPSA) is 12.0 Å². The van der Waals surface area contributed by atoms with Crippen molar-refractivity contribution in [2.75, 3.05) is 18.6 Å². The molecule has 2 heteroatoms. The second-order valence-corrected chi connectivity index (χ2v) is 7.63. The third-order valence-corrected chi connectivity index (χ3v) is 5.84. The van der Waals surface area contributed by atoms with Crippen LogP contribution in [0, 0.1) is 16.7 Å². The van der Waals surface area contributed by atoms with Gasteiger partial charge < -0.3 is 5.32 Å². The van der Waals surface area contributed by atoms with E-state index in [1.54, 1.807) is 0 Å². The molecule has 2 aliphatic carbocycles. The van der Waals surface area contributed by atoms with Crippen LogP contribution >= 0.6 is 11.8 Å². The van der Waals surface area contributed by atoms with E-state index in [4.69, 9.17) is 0 Å². The van der Waals surface area contributed by atoms with Crippen molar-refractivity contribution in [3.63, 3.8) is 0 Å². The molecule has 2 saturated carbocycles. The zero-order valence-electron chi connectivity index (χ0n) is 11.3. The monoisotopic (exact) mass is 241 g/mol. The normalized spacial score (nSPS) is 40.5. The highest BCUT2D eigenvalue weighted by Crippen LogP contribution is 2.62. The van der Waals surface area contributed by atoms with E-state index in [0.717, 1.165) is 12.0 Å². The number of thioether (sulfide) groups is 1. The van der Waals surface area contributed by atoms with Gasteiger partial charge in [0.2, 0.25) is 0 Å². The van der Waals surface area contributed by atoms with Crippen LogP contribution in [-0.4, -0.2) is 24.6 Å². The molecule has 0 aromatic carbocycles. The van der Waals surface area contributed by atoms with Crippen LogP contribution in [0.2, 0.25) is 0 Å². The molecular weight excluding hydrogens is 214 g/mol. The molecule has 1 nitrogen and oxygen atoms in total. The van der Waals surface area contributed by atoms with Crippen molar-refractivity contribution in [2.45, 2.75) is 52.5 Å². The molecule has 0 heterocycles. The van der Waals surface area contributed by atoms with E-state index in [2.05, 4.69) is 32.3 Å². The van der Waals surface area contributed by atoms with E-state index in [-0.39, 0.29) is 0 Å². The lowest BCUT2D eigenvalue weighted by Gasteiger charge is -2.43. The Balaban J connectivity index is 1.92. The van der Waals surface area contributed by atoms with Crippen molar-refractivity contribution in [2.24, 2.45) is 16.7 Å². The van der Waals surface area contributed by atoms with Crippen molar-refractivity contribution in [3.8, 4) is 0 Å². The van der Waals surface area contributed by atoms with Crippen LogP contribution in [0.25, 0.3) is 0 Å². The van der Waals surface area contributed by atoms with Crippen LogP contribution in [0.3, 0.4) is 0 Å². The Bertz CT molecular complexity index is 246. The summed E-state index contributed by atoms with van der Waals surface area (Å²) < 4.78 is 0. The zero-order chi connectivity index (χ0) is 11.8. The summed E-state index contributed by atoms with van der Waals surface area (Å²) in [5, 5.41) is 3.87. The molecule has 0 aromatic heterocycles. The van der Waals surface area contributed by atoms with Gasteiger partial charge >= 0.3 is 0 Å². The summed E-state index contributed by atoms with van der Waals surface area (Å²) in [7, 11) is 0. The molecule has 0 spiro atoms. The summed E-state index contributed by atoms with van der Waals surface area (Å²) in [4.78, 5) is 0. The third kappa shape index (κ3) is 2.03. The molecule has 2 aliphatic rings. The van der Waals surface area contributed by atoms with Crippen molar-refractivity contribution in [1.82, 2.24) is 5.32 Å². The Labute approximate surface area is 105 Å². The van der Waals surface area contributed by atoms with Gasteiger partial charge in [-0.3, -0.25) is 0 Å². The lowest BCUT2D eigenvalue weighted by Crippen LogP contribution is -2.50. The minimum Gasteiger partial charge on any atom is -0.313 e. The molecule has 0 aromatic rings. The first-order chi connectivity index (χ1) is 7.50. The highest BCUT2D eigenvalue weighted by molar-refractivity contribution is 7.98. The average Bonchev–Trinajstić information content (AvgIpc) is 2.68. The molecule has 0 saturated heterocycles. The minimum absolute atomic E-state index is 0.520. The predicted molar refractivity (Wildman–Crippen MR) is 74.0 cm³/mol. The van der Waals surface area contributed by atoms with Crippen molar-refractivity contribution in [3.05, 3.63) is 0 Å². The van der Waals surface area contributed by atoms with Gasteiger partial charge in [-0.15, -0.1) is 0 Å². The van der Waals surface area contributed by atoms with E-state index in [1.807, 2.05) is 11.8 Å². The maximum atomic E-state index is 3.87. The fourth-order valence-corrected chi connectivity index (χ4v) is 4.71. The number of nitrogens with one attached hydrogen (secondary N) is 1. The first kappa shape index (κ1) is 12.8. The van der Waals surface area contributed by atoms with Gasteiger partial charge in [-0.2, -0.15) is 11.8 Å². The highest BCUT2D eigenvalue weighted by Gasteiger charge is 2.58. The Kier molecular flexibility index (Phi) is 3.61. The first-order valence-electron chi connectivity index (χ1n) is 6.73. The summed E-state index contributed by atoms with van der Waals surface area (Å²) in [5.41, 5.74) is 1.11. The Morgan fingerprint density at radius 3 is 2.62 bits per heavy atom. The molecule has 0 aliphatic heterocycles. The van der Waals surface area contributed by atoms with E-state index in [1.165, 1.54) is 38.0 Å². The molecule has 1 N–H and O–H groups in total. The van der Waals surface area contributed by atoms with Gasteiger partial charge in [-0.05, 0) is 61.0 Å². The summed E-state index contributed by atoms with van der Waals surface area (Å²) in [6.07, 6.45) is 7.88. The number of hydrogen-bond acceptors (Lipinski definition) is 2. The molecule has 94 valence electrons. The van der Waals surface area contributed by atoms with E-state index >= 15 is 0 Å². The van der Waals surface area contributed by atoms with Gasteiger partial charge in [0.05, 0.1) is 0 Å². The van der Waals surface area contributed by atoms with Gasteiger partial charge in [-0.1, -0.05) is 20.8 Å². The van der Waals surface area contributed by atoms with Gasteiger partial charge in [-0.25, -0.2) is 0 Å². The van der Waals surface area contributed by atoms with Gasteiger partial charge in [0, 0.05) is 6.04 Å². The quantitative estimate of drug-likeness (QED) is 0.739. The van der Waals surface area contributed by atoms with Crippen LogP contribution in [-0.2, 0) is 0 Å². The molecule has 2 rings (SSSR count). The summed E-state index contributed by atoms with van der Waals surface area (Å²) >= 11 is 1.96. The third-order valence-electron chi connectivity index (χ3n) is 5.14. The number of rotatable bonds is 5. The van der Waals surface area contributed by atoms with Gasteiger partial charge in [0.1, 0.15) is 0 Å². The molecular formula is C14H27NS. The summed E-state index contributed by atoms with van der Waals surface area (Å²) in [6.45, 7) is 8.67. The standard InChI is InChI=1S/C14H27NS/c1-13(2)11-6-7-14(3,10-11)12(13)15-8-5-9-16-4/h11-12,15H,5-10H2,1-4H3/t11-,12?,14+/m0/s1. The second-order valence-electron chi connectivity index (χ2n) is 6.65. The molecule has 0 radical (unpaired) electrons. The minimum atomic E-state index is 0.520. The van der Waals surface area contributed by atoms with Gasteiger partial charge in [0.25, 0.3) is 0 Å². The molecule has 2 fully saturated rings. The fourth-order valence-electron chi connectivity index (χ4n) is 4.27. The van der Waals surface area contributed by atoms with Crippen LogP contribution in [0.1, 0.15) is 46.5 Å². The Hall–Kier alpha value is 0.310. The molecule has 1 unspecified atom stereocenters. The van der Waals surface area contributed by atoms with Crippen molar-refractivity contribution >= 4 is 11.8 Å². The van der Waals surface area contributed by atoms with E-state index in [0.29, 0.717) is 10.8 Å². The maximum Gasteiger partial charge on any atom is 0.0175 e. The summed E-state index contributed by atoms with van der Waals surface area (Å²) in [5.74, 6) is 2.26. The van der Waals surface area contributed by atoms with Crippen LogP contribution < -0.4 is 5.32 Å². The zero-order valence-corrected chi connectivity index (χ0v) is 12.1. The van der Waals surface area contributed by atoms with Crippen LogP contribution in [0.5, 0.6) is 0 Å². The van der Waals surface area contributed by atoms with E-state index < -0.39 is 0 Å². The average molecular weight is 241 g/mol. The van der Waals surface area contributed by atoms with Crippen LogP contribution in [0.15, 0.2) is 0 Å². The molecule has 3 atom stereocenters. The van der Waals surface area contributed by atoms with E-state index in [9.17, 15) is 0 Å². The second kappa shape index (κ2) is 4.53. The Morgan fingerprint density at radius 1 is 1.31 bits per heavy atom. The lowest BCUT2D eigenvalue weighted by atomic mass is 9.68. The number of hydrogen-bond donors (Lipinski definition) is 1. The lowest BCUT2D eigenvalue weighted by molar-refractivity contribution is 0.110. The largest absolute Gasteiger partial charge is 0.313 e. The SMILES string of the molecule is CSCCCNC1C(C)(C)[C@H]2CC[C@]1(C)C2. The van der Waals surface area contributed by atoms with Crippen molar-refractivity contribution < 1.29 is 0 Å². The highest BCUT2D eigenvalue weighted by atomic mass is 32.2. The predicted octanol–water partition coefficient (Wildman–Crippen LogP) is 3.54.